The van der Waals surface area contributed by atoms with Crippen LogP contribution in [0, 0.1) is 11.6 Å². The number of nitrogens with two attached hydrogens (primary N) is 1. The van der Waals surface area contributed by atoms with E-state index < -0.39 is 23.4 Å². The molecule has 14 heavy (non-hydrogen) atoms. The third kappa shape index (κ3) is 2.20. The van der Waals surface area contributed by atoms with Crippen LogP contribution >= 0.6 is 0 Å². The zero-order chi connectivity index (χ0) is 10.7. The van der Waals surface area contributed by atoms with Gasteiger partial charge in [-0.25, -0.2) is 8.78 Å². The average Bonchev–Trinajstić information content (AvgIpc) is 2.11. The Morgan fingerprint density at radius 2 is 2.07 bits per heavy atom. The summed E-state index contributed by atoms with van der Waals surface area (Å²) in [6.45, 7) is 1.91. The Labute approximate surface area is 81.4 Å². The van der Waals surface area contributed by atoms with Crippen LogP contribution in [0.25, 0.3) is 0 Å². The second kappa shape index (κ2) is 4.37. The van der Waals surface area contributed by atoms with E-state index in [2.05, 4.69) is 0 Å². The van der Waals surface area contributed by atoms with Crippen molar-refractivity contribution in [1.29, 1.82) is 0 Å². The Morgan fingerprint density at radius 3 is 2.64 bits per heavy atom. The normalized spacial score (nSPS) is 12.9. The van der Waals surface area contributed by atoms with Crippen molar-refractivity contribution in [1.82, 2.24) is 0 Å². The van der Waals surface area contributed by atoms with Gasteiger partial charge in [-0.15, -0.1) is 0 Å². The average molecular weight is 201 g/mol. The van der Waals surface area contributed by atoms with E-state index >= 15 is 0 Å². The minimum Gasteiger partial charge on any atom is -0.505 e. The number of phenolic OH excluding ortho intramolecular Hbond substituents is 1. The van der Waals surface area contributed by atoms with E-state index in [1.165, 1.54) is 0 Å². The lowest BCUT2D eigenvalue weighted by Gasteiger charge is -2.12. The number of hydrogen-bond donors (Lipinski definition) is 2. The topological polar surface area (TPSA) is 46.2 Å². The minimum atomic E-state index is -0.966. The van der Waals surface area contributed by atoms with Crippen molar-refractivity contribution in [2.75, 3.05) is 0 Å². The summed E-state index contributed by atoms with van der Waals surface area (Å²) in [6.07, 6.45) is 1.37. The number of rotatable bonds is 3. The molecule has 0 fully saturated rings. The van der Waals surface area contributed by atoms with Gasteiger partial charge in [0.05, 0.1) is 0 Å². The quantitative estimate of drug-likeness (QED) is 0.789. The molecular weight excluding hydrogens is 188 g/mol. The standard InChI is InChI=1S/C10H13F2NO/c1-2-3-9(13)7-4-6(11)5-8(12)10(7)14/h4-5,9,14H,2-3,13H2,1H3. The molecule has 0 aliphatic heterocycles. The molecule has 4 heteroatoms. The molecule has 1 unspecified atom stereocenters. The van der Waals surface area contributed by atoms with Crippen molar-refractivity contribution in [3.8, 4) is 5.75 Å². The molecule has 0 aliphatic rings. The Balaban J connectivity index is 3.07. The van der Waals surface area contributed by atoms with Crippen LogP contribution in [0.15, 0.2) is 12.1 Å². The number of benzene rings is 1. The van der Waals surface area contributed by atoms with Crippen LogP contribution in [0.1, 0.15) is 31.4 Å². The molecule has 0 bridgehead atoms. The van der Waals surface area contributed by atoms with Crippen LogP contribution < -0.4 is 5.73 Å². The maximum atomic E-state index is 12.9. The van der Waals surface area contributed by atoms with Gasteiger partial charge in [0.1, 0.15) is 5.82 Å². The Morgan fingerprint density at radius 1 is 1.43 bits per heavy atom. The van der Waals surface area contributed by atoms with Gasteiger partial charge in [0.25, 0.3) is 0 Å². The summed E-state index contributed by atoms with van der Waals surface area (Å²) in [5.41, 5.74) is 5.78. The number of hydrogen-bond acceptors (Lipinski definition) is 2. The maximum absolute atomic E-state index is 12.9. The van der Waals surface area contributed by atoms with Crippen molar-refractivity contribution in [3.63, 3.8) is 0 Å². The summed E-state index contributed by atoms with van der Waals surface area (Å²) >= 11 is 0. The van der Waals surface area contributed by atoms with E-state index in [4.69, 9.17) is 5.73 Å². The Hall–Kier alpha value is -1.16. The monoisotopic (exact) mass is 201 g/mol. The molecule has 0 amide bonds. The minimum absolute atomic E-state index is 0.129. The van der Waals surface area contributed by atoms with Crippen LogP contribution in [0.4, 0.5) is 8.78 Å². The highest BCUT2D eigenvalue weighted by molar-refractivity contribution is 5.36. The van der Waals surface area contributed by atoms with Crippen LogP contribution in [0.3, 0.4) is 0 Å². The van der Waals surface area contributed by atoms with Crippen LogP contribution in [-0.2, 0) is 0 Å². The summed E-state index contributed by atoms with van der Waals surface area (Å²) in [5, 5.41) is 9.30. The summed E-state index contributed by atoms with van der Waals surface area (Å²) < 4.78 is 25.7. The van der Waals surface area contributed by atoms with Gasteiger partial charge in [0.2, 0.25) is 0 Å². The van der Waals surface area contributed by atoms with Gasteiger partial charge in [-0.3, -0.25) is 0 Å². The lowest BCUT2D eigenvalue weighted by Crippen LogP contribution is -2.10. The second-order valence-electron chi connectivity index (χ2n) is 3.22. The van der Waals surface area contributed by atoms with E-state index in [9.17, 15) is 13.9 Å². The lowest BCUT2D eigenvalue weighted by atomic mass is 10.0. The Kier molecular flexibility index (Phi) is 3.41. The van der Waals surface area contributed by atoms with Gasteiger partial charge < -0.3 is 10.8 Å². The molecule has 0 saturated carbocycles. The van der Waals surface area contributed by atoms with Gasteiger partial charge in [0, 0.05) is 17.7 Å². The molecule has 0 heterocycles. The summed E-state index contributed by atoms with van der Waals surface area (Å²) in [4.78, 5) is 0. The first-order chi connectivity index (χ1) is 6.56. The first-order valence-electron chi connectivity index (χ1n) is 4.49. The first kappa shape index (κ1) is 10.9. The number of halogens is 2. The zero-order valence-corrected chi connectivity index (χ0v) is 7.93. The highest BCUT2D eigenvalue weighted by atomic mass is 19.1. The molecule has 1 atom stereocenters. The van der Waals surface area contributed by atoms with E-state index in [1.807, 2.05) is 6.92 Å². The molecule has 1 aromatic rings. The molecule has 1 rings (SSSR count). The molecule has 0 radical (unpaired) electrons. The van der Waals surface area contributed by atoms with E-state index in [0.717, 1.165) is 12.5 Å². The zero-order valence-electron chi connectivity index (χ0n) is 7.93. The largest absolute Gasteiger partial charge is 0.505 e. The van der Waals surface area contributed by atoms with E-state index in [0.29, 0.717) is 12.5 Å². The fourth-order valence-corrected chi connectivity index (χ4v) is 1.34. The number of phenols is 1. The Bertz CT molecular complexity index is 328. The van der Waals surface area contributed by atoms with E-state index in [1.54, 1.807) is 0 Å². The third-order valence-corrected chi connectivity index (χ3v) is 2.06. The summed E-state index contributed by atoms with van der Waals surface area (Å²) in [6, 6.07) is 1.18. The van der Waals surface area contributed by atoms with Crippen LogP contribution in [0.2, 0.25) is 0 Å². The molecule has 78 valence electrons. The first-order valence-corrected chi connectivity index (χ1v) is 4.49. The fourth-order valence-electron chi connectivity index (χ4n) is 1.34. The SMILES string of the molecule is CCCC(N)c1cc(F)cc(F)c1O. The molecular formula is C10H13F2NO. The smallest absolute Gasteiger partial charge is 0.168 e. The second-order valence-corrected chi connectivity index (χ2v) is 3.22. The molecule has 2 nitrogen and oxygen atoms in total. The summed E-state index contributed by atoms with van der Waals surface area (Å²) in [7, 11) is 0. The molecule has 0 saturated heterocycles. The van der Waals surface area contributed by atoms with E-state index in [-0.39, 0.29) is 5.56 Å². The van der Waals surface area contributed by atoms with Gasteiger partial charge in [0.15, 0.2) is 11.6 Å². The van der Waals surface area contributed by atoms with Gasteiger partial charge >= 0.3 is 0 Å². The van der Waals surface area contributed by atoms with Gasteiger partial charge in [-0.2, -0.15) is 0 Å². The van der Waals surface area contributed by atoms with Crippen LogP contribution in [-0.4, -0.2) is 5.11 Å². The van der Waals surface area contributed by atoms with Crippen molar-refractivity contribution in [2.45, 2.75) is 25.8 Å². The molecule has 1 aromatic carbocycles. The van der Waals surface area contributed by atoms with Crippen LogP contribution in [0.5, 0.6) is 5.75 Å². The fraction of sp³-hybridized carbons (Fsp3) is 0.400. The predicted octanol–water partition coefficient (Wildman–Crippen LogP) is 2.47. The predicted molar refractivity (Wildman–Crippen MR) is 49.9 cm³/mol. The van der Waals surface area contributed by atoms with Crippen molar-refractivity contribution >= 4 is 0 Å². The third-order valence-electron chi connectivity index (χ3n) is 2.06. The highest BCUT2D eigenvalue weighted by Crippen LogP contribution is 2.28. The lowest BCUT2D eigenvalue weighted by molar-refractivity contribution is 0.413. The van der Waals surface area contributed by atoms with Gasteiger partial charge in [-0.05, 0) is 12.5 Å². The molecule has 0 aliphatic carbocycles. The molecule has 0 aromatic heterocycles. The maximum Gasteiger partial charge on any atom is 0.168 e. The summed E-state index contributed by atoms with van der Waals surface area (Å²) in [5.74, 6) is -2.24. The molecule has 3 N–H and O–H groups in total. The van der Waals surface area contributed by atoms with Gasteiger partial charge in [-0.1, -0.05) is 13.3 Å². The van der Waals surface area contributed by atoms with Crippen molar-refractivity contribution < 1.29 is 13.9 Å². The van der Waals surface area contributed by atoms with Crippen molar-refractivity contribution in [2.24, 2.45) is 5.73 Å². The number of aromatic hydroxyl groups is 1. The highest BCUT2D eigenvalue weighted by Gasteiger charge is 2.15. The molecule has 0 spiro atoms. The van der Waals surface area contributed by atoms with Crippen molar-refractivity contribution in [3.05, 3.63) is 29.3 Å².